The van der Waals surface area contributed by atoms with Crippen molar-refractivity contribution in [3.63, 3.8) is 0 Å². The van der Waals surface area contributed by atoms with Gasteiger partial charge in [0.25, 0.3) is 5.91 Å². The van der Waals surface area contributed by atoms with Crippen LogP contribution >= 0.6 is 11.3 Å². The Bertz CT molecular complexity index is 1930. The molecule has 50 heavy (non-hydrogen) atoms. The summed E-state index contributed by atoms with van der Waals surface area (Å²) in [6.45, 7) is -1.37. The van der Waals surface area contributed by atoms with Gasteiger partial charge in [-0.05, 0) is 40.8 Å². The van der Waals surface area contributed by atoms with E-state index in [9.17, 15) is 47.4 Å². The second-order valence-electron chi connectivity index (χ2n) is 10.3. The number of thiophene rings is 1. The van der Waals surface area contributed by atoms with Gasteiger partial charge in [-0.1, -0.05) is 36.4 Å². The molecular weight excluding hydrogens is 699 g/mol. The highest BCUT2D eigenvalue weighted by Crippen LogP contribution is 2.39. The lowest BCUT2D eigenvalue weighted by atomic mass is 9.87. The predicted octanol–water partition coefficient (Wildman–Crippen LogP) is 6.65. The van der Waals surface area contributed by atoms with E-state index in [2.05, 4.69) is 14.8 Å². The van der Waals surface area contributed by atoms with Crippen LogP contribution < -0.4 is 14.8 Å². The van der Waals surface area contributed by atoms with Gasteiger partial charge >= 0.3 is 30.4 Å². The molecule has 4 aromatic rings. The van der Waals surface area contributed by atoms with Crippen LogP contribution in [0.4, 0.5) is 37.2 Å². The second kappa shape index (κ2) is 14.6. The summed E-state index contributed by atoms with van der Waals surface area (Å²) in [5.74, 6) is -11.1. The highest BCUT2D eigenvalue weighted by molar-refractivity contribution is 7.10. The van der Waals surface area contributed by atoms with Crippen molar-refractivity contribution in [1.82, 2.24) is 4.90 Å². The monoisotopic (exact) mass is 722 g/mol. The van der Waals surface area contributed by atoms with Crippen molar-refractivity contribution in [2.75, 3.05) is 26.0 Å². The molecule has 3 aromatic carbocycles. The van der Waals surface area contributed by atoms with E-state index in [4.69, 9.17) is 4.74 Å². The molecule has 0 saturated heterocycles. The molecule has 18 heteroatoms. The summed E-state index contributed by atoms with van der Waals surface area (Å²) < 4.78 is 84.5. The van der Waals surface area contributed by atoms with E-state index in [1.54, 1.807) is 0 Å². The predicted molar refractivity (Wildman–Crippen MR) is 164 cm³/mol. The maximum Gasteiger partial charge on any atom is 0.514 e. The Morgan fingerprint density at radius 2 is 1.50 bits per heavy atom. The van der Waals surface area contributed by atoms with Gasteiger partial charge in [0.05, 0.1) is 11.3 Å². The maximum atomic E-state index is 15.8. The lowest BCUT2D eigenvalue weighted by molar-refractivity contribution is -0.160. The summed E-state index contributed by atoms with van der Waals surface area (Å²) in [4.78, 5) is 62.8. The largest absolute Gasteiger partial charge is 0.514 e. The molecular formula is C32H23F5N2O10S. The summed E-state index contributed by atoms with van der Waals surface area (Å²) in [6.07, 6.45) is -7.81. The van der Waals surface area contributed by atoms with Gasteiger partial charge in [0.2, 0.25) is 17.0 Å². The first-order chi connectivity index (χ1) is 23.5. The second-order valence-corrected chi connectivity index (χ2v) is 11.3. The number of nitrogens with one attached hydrogen (secondary N) is 1. The minimum atomic E-state index is -4.62. The fraction of sp³-hybridized carbons (Fsp3) is 0.156. The van der Waals surface area contributed by atoms with Gasteiger partial charge in [0, 0.05) is 30.6 Å². The molecule has 0 fully saturated rings. The summed E-state index contributed by atoms with van der Waals surface area (Å²) >= 11 is 0.721. The van der Waals surface area contributed by atoms with E-state index in [0.29, 0.717) is 6.07 Å². The van der Waals surface area contributed by atoms with Gasteiger partial charge in [-0.3, -0.25) is 14.4 Å². The number of hydrogen-bond donors (Lipinski definition) is 3. The number of carboxylic acids is 2. The van der Waals surface area contributed by atoms with Gasteiger partial charge in [-0.15, -0.1) is 11.3 Å². The van der Waals surface area contributed by atoms with Gasteiger partial charge in [-0.2, -0.15) is 17.6 Å². The van der Waals surface area contributed by atoms with Crippen molar-refractivity contribution in [1.29, 1.82) is 0 Å². The maximum absolute atomic E-state index is 15.8. The van der Waals surface area contributed by atoms with E-state index in [0.717, 1.165) is 46.6 Å². The smallest absolute Gasteiger partial charge is 0.480 e. The molecule has 0 bridgehead atoms. The van der Waals surface area contributed by atoms with Crippen molar-refractivity contribution in [3.05, 3.63) is 99.7 Å². The summed E-state index contributed by atoms with van der Waals surface area (Å²) in [6, 6.07) is 12.3. The molecule has 0 unspecified atom stereocenters. The Kier molecular flexibility index (Phi) is 10.7. The summed E-state index contributed by atoms with van der Waals surface area (Å²) in [7, 11) is 2.39. The standard InChI is InChI=1S/C32H23F5N2O10S/c1-39(2)29(45)48-25-21(38-26(40)19-7-4-3-6-18(19)16-9-11-17(12-10-16)32(35,36)37)14-20(33)24(23(25)34)49-30(46)47-15-31(27(41)42,28(43)44)22-8-5-13-50-22/h3-14H,15H2,1-2H3,(H,38,40)(H,41,42)(H,43,44). The van der Waals surface area contributed by atoms with E-state index < -0.39 is 82.7 Å². The Balaban J connectivity index is 1.66. The SMILES string of the molecule is CN(C)C(=O)Oc1c(NC(=O)c2ccccc2-c2ccc(C(F)(F)F)cc2)cc(F)c(OC(=O)OCC(C(=O)O)(C(=O)O)c2cccs2)c1F. The summed E-state index contributed by atoms with van der Waals surface area (Å²) in [5, 5.41) is 22.9. The van der Waals surface area contributed by atoms with Crippen LogP contribution in [-0.4, -0.2) is 65.9 Å². The minimum Gasteiger partial charge on any atom is -0.480 e. The van der Waals surface area contributed by atoms with Crippen LogP contribution in [0.3, 0.4) is 0 Å². The summed E-state index contributed by atoms with van der Waals surface area (Å²) in [5.41, 5.74) is -4.42. The van der Waals surface area contributed by atoms with E-state index in [1.165, 1.54) is 49.8 Å². The highest BCUT2D eigenvalue weighted by atomic mass is 32.1. The molecule has 1 aromatic heterocycles. The van der Waals surface area contributed by atoms with E-state index in [1.807, 2.05) is 0 Å². The molecule has 4 rings (SSSR count). The van der Waals surface area contributed by atoms with Crippen molar-refractivity contribution in [3.8, 4) is 22.6 Å². The average molecular weight is 723 g/mol. The number of carboxylic acid groups (broad SMARTS) is 2. The molecule has 1 heterocycles. The average Bonchev–Trinajstić information content (AvgIpc) is 3.59. The number of ether oxygens (including phenoxy) is 3. The first-order valence-corrected chi connectivity index (χ1v) is 14.7. The van der Waals surface area contributed by atoms with Crippen LogP contribution in [0.2, 0.25) is 0 Å². The van der Waals surface area contributed by atoms with Crippen molar-refractivity contribution < 1.29 is 70.3 Å². The zero-order valence-corrected chi connectivity index (χ0v) is 26.4. The lowest BCUT2D eigenvalue weighted by Gasteiger charge is -2.23. The number of amides is 2. The third kappa shape index (κ3) is 7.64. The van der Waals surface area contributed by atoms with Crippen LogP contribution in [0.5, 0.6) is 11.5 Å². The lowest BCUT2D eigenvalue weighted by Crippen LogP contribution is -2.47. The zero-order valence-electron chi connectivity index (χ0n) is 25.5. The Morgan fingerprint density at radius 1 is 0.860 bits per heavy atom. The fourth-order valence-corrected chi connectivity index (χ4v) is 5.20. The number of rotatable bonds is 10. The molecule has 262 valence electrons. The van der Waals surface area contributed by atoms with Gasteiger partial charge in [0.15, 0.2) is 11.6 Å². The van der Waals surface area contributed by atoms with Crippen LogP contribution in [-0.2, 0) is 25.9 Å². The minimum absolute atomic E-state index is 0.121. The van der Waals surface area contributed by atoms with Gasteiger partial charge in [-0.25, -0.2) is 14.0 Å². The number of halogens is 5. The number of aliphatic carboxylic acids is 2. The Hall–Kier alpha value is -6.04. The zero-order chi connectivity index (χ0) is 37.0. The first-order valence-electron chi connectivity index (χ1n) is 13.8. The van der Waals surface area contributed by atoms with E-state index >= 15 is 8.78 Å². The van der Waals surface area contributed by atoms with Gasteiger partial charge in [0.1, 0.15) is 6.61 Å². The van der Waals surface area contributed by atoms with Crippen molar-refractivity contribution in [2.24, 2.45) is 0 Å². The number of nitrogens with zero attached hydrogens (tertiary/aromatic N) is 1. The third-order valence-electron chi connectivity index (χ3n) is 6.89. The number of benzene rings is 3. The number of anilines is 1. The van der Waals surface area contributed by atoms with E-state index in [-0.39, 0.29) is 21.6 Å². The van der Waals surface area contributed by atoms with Crippen LogP contribution in [0.25, 0.3) is 11.1 Å². The Morgan fingerprint density at radius 3 is 2.06 bits per heavy atom. The molecule has 12 nitrogen and oxygen atoms in total. The highest BCUT2D eigenvalue weighted by Gasteiger charge is 2.51. The molecule has 0 spiro atoms. The number of hydrogen-bond acceptors (Lipinski definition) is 9. The number of carbonyl (C=O) groups excluding carboxylic acids is 3. The molecule has 3 N–H and O–H groups in total. The van der Waals surface area contributed by atoms with Gasteiger partial charge < -0.3 is 34.6 Å². The number of carbonyl (C=O) groups is 5. The molecule has 0 atom stereocenters. The first kappa shape index (κ1) is 36.8. The quantitative estimate of drug-likeness (QED) is 0.0698. The van der Waals surface area contributed by atoms with Crippen molar-refractivity contribution in [2.45, 2.75) is 11.6 Å². The van der Waals surface area contributed by atoms with Crippen LogP contribution in [0.1, 0.15) is 20.8 Å². The third-order valence-corrected chi connectivity index (χ3v) is 7.92. The van der Waals surface area contributed by atoms with Crippen molar-refractivity contribution >= 4 is 47.1 Å². The number of alkyl halides is 3. The molecule has 0 aliphatic heterocycles. The molecule has 0 saturated carbocycles. The topological polar surface area (TPSA) is 169 Å². The van der Waals surface area contributed by atoms with Crippen LogP contribution in [0, 0.1) is 11.6 Å². The molecule has 0 radical (unpaired) electrons. The fourth-order valence-electron chi connectivity index (χ4n) is 4.31. The normalized spacial score (nSPS) is 11.3. The molecule has 0 aliphatic rings. The Labute approximate surface area is 282 Å². The van der Waals surface area contributed by atoms with Crippen LogP contribution in [0.15, 0.2) is 72.1 Å². The molecule has 0 aliphatic carbocycles. The molecule has 2 amide bonds.